The van der Waals surface area contributed by atoms with Crippen molar-refractivity contribution in [2.45, 2.75) is 123 Å². The maximum absolute atomic E-state index is 11.7. The molecule has 0 aliphatic carbocycles. The summed E-state index contributed by atoms with van der Waals surface area (Å²) in [5, 5.41) is 9.29. The van der Waals surface area contributed by atoms with E-state index in [-0.39, 0.29) is 12.6 Å². The zero-order chi connectivity index (χ0) is 21.4. The largest absolute Gasteiger partial charge is 0.466 e. The van der Waals surface area contributed by atoms with Crippen LogP contribution in [-0.2, 0) is 9.53 Å². The molecule has 0 bridgehead atoms. The lowest BCUT2D eigenvalue weighted by Gasteiger charge is -2.21. The van der Waals surface area contributed by atoms with Gasteiger partial charge in [0.05, 0.1) is 13.2 Å². The van der Waals surface area contributed by atoms with Crippen LogP contribution in [0.3, 0.4) is 0 Å². The van der Waals surface area contributed by atoms with E-state index in [0.717, 1.165) is 58.2 Å². The lowest BCUT2D eigenvalue weighted by atomic mass is 10.1. The average Bonchev–Trinajstić information content (AvgIpc) is 2.72. The van der Waals surface area contributed by atoms with E-state index in [0.29, 0.717) is 13.0 Å². The molecule has 0 aromatic heterocycles. The van der Waals surface area contributed by atoms with Crippen molar-refractivity contribution in [3.05, 3.63) is 0 Å². The first-order valence-electron chi connectivity index (χ1n) is 12.7. The zero-order valence-corrected chi connectivity index (χ0v) is 19.8. The van der Waals surface area contributed by atoms with Crippen molar-refractivity contribution in [2.24, 2.45) is 0 Å². The van der Waals surface area contributed by atoms with E-state index < -0.39 is 0 Å². The molecule has 0 fully saturated rings. The number of unbranched alkanes of at least 4 members (excludes halogenated alkanes) is 13. The maximum Gasteiger partial charge on any atom is 0.305 e. The number of esters is 1. The Morgan fingerprint density at radius 2 is 1.14 bits per heavy atom. The number of hydrogen-bond acceptors (Lipinski definition) is 4. The van der Waals surface area contributed by atoms with E-state index in [1.807, 2.05) is 0 Å². The molecule has 0 saturated heterocycles. The van der Waals surface area contributed by atoms with Gasteiger partial charge in [-0.3, -0.25) is 4.79 Å². The van der Waals surface area contributed by atoms with Crippen LogP contribution in [-0.4, -0.2) is 48.8 Å². The van der Waals surface area contributed by atoms with E-state index >= 15 is 0 Å². The Labute approximate surface area is 181 Å². The number of nitrogens with zero attached hydrogens (tertiary/aromatic N) is 1. The summed E-state index contributed by atoms with van der Waals surface area (Å²) in [7, 11) is 0. The van der Waals surface area contributed by atoms with Crippen molar-refractivity contribution < 1.29 is 14.6 Å². The van der Waals surface area contributed by atoms with Gasteiger partial charge < -0.3 is 14.7 Å². The number of rotatable bonds is 23. The number of aliphatic hydroxyl groups is 1. The molecule has 0 unspecified atom stereocenters. The molecule has 0 aliphatic rings. The Hall–Kier alpha value is -0.610. The van der Waals surface area contributed by atoms with Crippen LogP contribution in [0.25, 0.3) is 0 Å². The molecule has 0 heterocycles. The smallest absolute Gasteiger partial charge is 0.305 e. The van der Waals surface area contributed by atoms with Gasteiger partial charge in [-0.05, 0) is 38.8 Å². The van der Waals surface area contributed by atoms with Gasteiger partial charge in [0.2, 0.25) is 0 Å². The second-order valence-electron chi connectivity index (χ2n) is 8.49. The summed E-state index contributed by atoms with van der Waals surface area (Å²) in [5.41, 5.74) is 0. The number of aliphatic hydroxyl groups excluding tert-OH is 1. The highest BCUT2D eigenvalue weighted by molar-refractivity contribution is 5.69. The molecule has 1 N–H and O–H groups in total. The highest BCUT2D eigenvalue weighted by atomic mass is 16.5. The van der Waals surface area contributed by atoms with E-state index in [1.54, 1.807) is 0 Å². The quantitative estimate of drug-likeness (QED) is 0.153. The van der Waals surface area contributed by atoms with Crippen molar-refractivity contribution in [2.75, 3.05) is 32.8 Å². The first-order chi connectivity index (χ1) is 14.2. The van der Waals surface area contributed by atoms with Crippen LogP contribution in [0, 0.1) is 0 Å². The molecule has 0 aromatic carbocycles. The topological polar surface area (TPSA) is 49.8 Å². The van der Waals surface area contributed by atoms with Gasteiger partial charge in [-0.15, -0.1) is 0 Å². The monoisotopic (exact) mass is 413 g/mol. The Morgan fingerprint density at radius 3 is 1.69 bits per heavy atom. The highest BCUT2D eigenvalue weighted by Gasteiger charge is 2.06. The van der Waals surface area contributed by atoms with Crippen LogP contribution in [0.5, 0.6) is 0 Å². The summed E-state index contributed by atoms with van der Waals surface area (Å²) >= 11 is 0. The third-order valence-corrected chi connectivity index (χ3v) is 5.61. The van der Waals surface area contributed by atoms with Crippen molar-refractivity contribution in [1.29, 1.82) is 0 Å². The van der Waals surface area contributed by atoms with Gasteiger partial charge in [0.15, 0.2) is 0 Å². The fraction of sp³-hybridized carbons (Fsp3) is 0.960. The van der Waals surface area contributed by atoms with Gasteiger partial charge in [-0.25, -0.2) is 0 Å². The normalized spacial score (nSPS) is 11.3. The van der Waals surface area contributed by atoms with E-state index in [4.69, 9.17) is 4.74 Å². The molecule has 0 saturated carbocycles. The average molecular weight is 414 g/mol. The van der Waals surface area contributed by atoms with Crippen LogP contribution < -0.4 is 0 Å². The standard InChI is InChI=1S/C25H51NO3/c1-3-5-7-8-9-10-11-12-13-16-20-26(22-23-27)21-17-14-15-19-25(28)29-24-18-6-4-2/h27H,3-24H2,1-2H3. The van der Waals surface area contributed by atoms with Crippen LogP contribution in [0.15, 0.2) is 0 Å². The molecule has 0 aliphatic heterocycles. The summed E-state index contributed by atoms with van der Waals surface area (Å²) in [5.74, 6) is -0.0429. The Morgan fingerprint density at radius 1 is 0.655 bits per heavy atom. The van der Waals surface area contributed by atoms with Crippen molar-refractivity contribution in [1.82, 2.24) is 4.90 Å². The summed E-state index contributed by atoms with van der Waals surface area (Å²) < 4.78 is 5.25. The molecule has 0 amide bonds. The summed E-state index contributed by atoms with van der Waals surface area (Å²) in [6.45, 7) is 8.14. The fourth-order valence-electron chi connectivity index (χ4n) is 3.69. The molecule has 4 heteroatoms. The highest BCUT2D eigenvalue weighted by Crippen LogP contribution is 2.11. The molecule has 0 radical (unpaired) electrons. The lowest BCUT2D eigenvalue weighted by molar-refractivity contribution is -0.143. The van der Waals surface area contributed by atoms with Gasteiger partial charge in [-0.1, -0.05) is 90.9 Å². The van der Waals surface area contributed by atoms with E-state index in [9.17, 15) is 9.90 Å². The van der Waals surface area contributed by atoms with E-state index in [1.165, 1.54) is 64.2 Å². The first kappa shape index (κ1) is 28.4. The molecule has 0 aromatic rings. The van der Waals surface area contributed by atoms with Crippen LogP contribution in [0.2, 0.25) is 0 Å². The Balaban J connectivity index is 3.54. The predicted octanol–water partition coefficient (Wildman–Crippen LogP) is 6.50. The molecular weight excluding hydrogens is 362 g/mol. The molecule has 29 heavy (non-hydrogen) atoms. The summed E-state index contributed by atoms with van der Waals surface area (Å²) in [6.07, 6.45) is 20.5. The number of hydrogen-bond donors (Lipinski definition) is 1. The molecule has 0 spiro atoms. The van der Waals surface area contributed by atoms with Crippen molar-refractivity contribution in [3.63, 3.8) is 0 Å². The second kappa shape index (κ2) is 23.7. The predicted molar refractivity (Wildman–Crippen MR) is 124 cm³/mol. The number of carbonyl (C=O) groups is 1. The van der Waals surface area contributed by atoms with Crippen LogP contribution >= 0.6 is 0 Å². The lowest BCUT2D eigenvalue weighted by Crippen LogP contribution is -2.29. The summed E-state index contributed by atoms with van der Waals surface area (Å²) in [6, 6.07) is 0. The molecule has 4 nitrogen and oxygen atoms in total. The maximum atomic E-state index is 11.7. The third-order valence-electron chi connectivity index (χ3n) is 5.61. The minimum atomic E-state index is -0.0429. The molecule has 0 atom stereocenters. The van der Waals surface area contributed by atoms with Crippen LogP contribution in [0.4, 0.5) is 0 Å². The minimum absolute atomic E-state index is 0.0429. The number of carbonyl (C=O) groups excluding carboxylic acids is 1. The van der Waals surface area contributed by atoms with Gasteiger partial charge in [0, 0.05) is 13.0 Å². The van der Waals surface area contributed by atoms with Gasteiger partial charge in [0.1, 0.15) is 0 Å². The zero-order valence-electron chi connectivity index (χ0n) is 19.8. The first-order valence-corrected chi connectivity index (χ1v) is 12.7. The molecule has 174 valence electrons. The second-order valence-corrected chi connectivity index (χ2v) is 8.49. The van der Waals surface area contributed by atoms with Gasteiger partial charge >= 0.3 is 5.97 Å². The molecule has 0 rings (SSSR count). The van der Waals surface area contributed by atoms with Gasteiger partial charge in [0.25, 0.3) is 0 Å². The number of ether oxygens (including phenoxy) is 1. The van der Waals surface area contributed by atoms with Crippen LogP contribution in [0.1, 0.15) is 123 Å². The van der Waals surface area contributed by atoms with Gasteiger partial charge in [-0.2, -0.15) is 0 Å². The fourth-order valence-corrected chi connectivity index (χ4v) is 3.69. The molecular formula is C25H51NO3. The van der Waals surface area contributed by atoms with Crippen molar-refractivity contribution >= 4 is 5.97 Å². The van der Waals surface area contributed by atoms with E-state index in [2.05, 4.69) is 18.7 Å². The third kappa shape index (κ3) is 21.9. The summed E-state index contributed by atoms with van der Waals surface area (Å²) in [4.78, 5) is 14.0. The Bertz CT molecular complexity index is 336. The Kier molecular flexibility index (Phi) is 23.2. The SMILES string of the molecule is CCCCCCCCCCCCN(CCO)CCCCCC(=O)OCCCCC. The minimum Gasteiger partial charge on any atom is -0.466 e. The van der Waals surface area contributed by atoms with Crippen molar-refractivity contribution in [3.8, 4) is 0 Å².